The maximum absolute atomic E-state index is 12.5. The van der Waals surface area contributed by atoms with Gasteiger partial charge in [-0.05, 0) is 39.0 Å². The molecule has 2 amide bonds. The molecule has 110 valence electrons. The number of nitrogens with two attached hydrogens (primary N) is 2. The van der Waals surface area contributed by atoms with E-state index in [-0.39, 0.29) is 30.5 Å². The Morgan fingerprint density at radius 1 is 1.26 bits per heavy atom. The van der Waals surface area contributed by atoms with Crippen LogP contribution in [0.3, 0.4) is 0 Å². The molecule has 0 aromatic rings. The first-order chi connectivity index (χ1) is 8.82. The molecule has 0 aliphatic heterocycles. The summed E-state index contributed by atoms with van der Waals surface area (Å²) in [4.78, 5) is 25.2. The van der Waals surface area contributed by atoms with E-state index in [0.717, 1.165) is 25.7 Å². The van der Waals surface area contributed by atoms with Gasteiger partial charge in [-0.25, -0.2) is 0 Å². The number of carbonyl (C=O) groups excluding carboxylic acids is 2. The second kappa shape index (κ2) is 6.89. The zero-order chi connectivity index (χ0) is 14.6. The van der Waals surface area contributed by atoms with Crippen LogP contribution >= 0.6 is 0 Å². The van der Waals surface area contributed by atoms with Crippen LogP contribution in [0.2, 0.25) is 0 Å². The molecule has 4 N–H and O–H groups in total. The molecule has 0 aromatic carbocycles. The molecule has 0 aromatic heterocycles. The Morgan fingerprint density at radius 2 is 1.89 bits per heavy atom. The number of carbonyl (C=O) groups is 2. The molecule has 0 saturated heterocycles. The van der Waals surface area contributed by atoms with Crippen LogP contribution < -0.4 is 11.5 Å². The first kappa shape index (κ1) is 16.0. The summed E-state index contributed by atoms with van der Waals surface area (Å²) in [6.07, 6.45) is 4.08. The van der Waals surface area contributed by atoms with Crippen LogP contribution in [0.4, 0.5) is 0 Å². The number of hydrogen-bond donors (Lipinski definition) is 2. The Bertz CT molecular complexity index is 331. The Hall–Kier alpha value is -1.10. The normalized spacial score (nSPS) is 25.1. The van der Waals surface area contributed by atoms with E-state index in [1.165, 1.54) is 0 Å². The van der Waals surface area contributed by atoms with Crippen molar-refractivity contribution >= 4 is 11.8 Å². The molecular formula is C14H27N3O2. The minimum absolute atomic E-state index is 0.000383. The topological polar surface area (TPSA) is 89.4 Å². The molecule has 1 fully saturated rings. The predicted molar refractivity (Wildman–Crippen MR) is 75.1 cm³/mol. The van der Waals surface area contributed by atoms with Crippen molar-refractivity contribution in [2.24, 2.45) is 23.3 Å². The molecule has 1 aliphatic carbocycles. The van der Waals surface area contributed by atoms with Crippen molar-refractivity contribution in [1.29, 1.82) is 0 Å². The first-order valence-corrected chi connectivity index (χ1v) is 7.17. The minimum atomic E-state index is -0.463. The molecule has 0 bridgehead atoms. The van der Waals surface area contributed by atoms with E-state index in [9.17, 15) is 9.59 Å². The molecule has 1 aliphatic rings. The molecule has 1 rings (SSSR count). The highest BCUT2D eigenvalue weighted by molar-refractivity contribution is 5.85. The molecule has 0 radical (unpaired) electrons. The van der Waals surface area contributed by atoms with Gasteiger partial charge in [-0.15, -0.1) is 0 Å². The van der Waals surface area contributed by atoms with Crippen molar-refractivity contribution in [3.8, 4) is 0 Å². The summed E-state index contributed by atoms with van der Waals surface area (Å²) in [5, 5.41) is 0. The van der Waals surface area contributed by atoms with Gasteiger partial charge in [0.25, 0.3) is 0 Å². The highest BCUT2D eigenvalue weighted by atomic mass is 16.2. The lowest BCUT2D eigenvalue weighted by molar-refractivity contribution is -0.142. The van der Waals surface area contributed by atoms with E-state index >= 15 is 0 Å². The Labute approximate surface area is 115 Å². The van der Waals surface area contributed by atoms with Crippen LogP contribution in [0.1, 0.15) is 46.5 Å². The second-order valence-corrected chi connectivity index (χ2v) is 6.00. The average molecular weight is 269 g/mol. The van der Waals surface area contributed by atoms with Gasteiger partial charge in [0.05, 0.1) is 6.54 Å². The van der Waals surface area contributed by atoms with Crippen molar-refractivity contribution in [2.75, 3.05) is 6.54 Å². The van der Waals surface area contributed by atoms with Crippen LogP contribution in [-0.2, 0) is 9.59 Å². The Morgan fingerprint density at radius 3 is 2.37 bits per heavy atom. The number of hydrogen-bond acceptors (Lipinski definition) is 3. The van der Waals surface area contributed by atoms with E-state index < -0.39 is 5.91 Å². The number of rotatable bonds is 5. The molecule has 0 heterocycles. The fourth-order valence-electron chi connectivity index (χ4n) is 2.87. The zero-order valence-electron chi connectivity index (χ0n) is 12.3. The van der Waals surface area contributed by atoms with Gasteiger partial charge < -0.3 is 16.4 Å². The van der Waals surface area contributed by atoms with Crippen molar-refractivity contribution in [1.82, 2.24) is 4.90 Å². The predicted octanol–water partition coefficient (Wildman–Crippen LogP) is 0.862. The number of amides is 2. The van der Waals surface area contributed by atoms with Gasteiger partial charge in [0, 0.05) is 18.0 Å². The minimum Gasteiger partial charge on any atom is -0.368 e. The van der Waals surface area contributed by atoms with E-state index in [4.69, 9.17) is 11.5 Å². The van der Waals surface area contributed by atoms with Crippen LogP contribution in [0.15, 0.2) is 0 Å². The molecule has 5 nitrogen and oxygen atoms in total. The summed E-state index contributed by atoms with van der Waals surface area (Å²) in [6.45, 7) is 5.75. The Balaban J connectivity index is 2.69. The molecular weight excluding hydrogens is 242 g/mol. The first-order valence-electron chi connectivity index (χ1n) is 7.17. The second-order valence-electron chi connectivity index (χ2n) is 6.00. The standard InChI is InChI=1S/C14H27N3O2/c1-9(2)17(8-13(16)18)14(19)10(3)11-5-4-6-12(15)7-11/h9-12H,4-8,15H2,1-3H3,(H2,16,18). The largest absolute Gasteiger partial charge is 0.368 e. The lowest BCUT2D eigenvalue weighted by Gasteiger charge is -2.35. The molecule has 3 atom stereocenters. The van der Waals surface area contributed by atoms with Gasteiger partial charge in [-0.3, -0.25) is 9.59 Å². The fraction of sp³-hybridized carbons (Fsp3) is 0.857. The van der Waals surface area contributed by atoms with Gasteiger partial charge >= 0.3 is 0 Å². The zero-order valence-corrected chi connectivity index (χ0v) is 12.3. The summed E-state index contributed by atoms with van der Waals surface area (Å²) in [7, 11) is 0. The van der Waals surface area contributed by atoms with E-state index in [1.807, 2.05) is 20.8 Å². The van der Waals surface area contributed by atoms with Crippen molar-refractivity contribution in [2.45, 2.75) is 58.5 Å². The maximum atomic E-state index is 12.5. The highest BCUT2D eigenvalue weighted by Crippen LogP contribution is 2.30. The summed E-state index contributed by atoms with van der Waals surface area (Å²) < 4.78 is 0. The van der Waals surface area contributed by atoms with Crippen molar-refractivity contribution in [3.05, 3.63) is 0 Å². The highest BCUT2D eigenvalue weighted by Gasteiger charge is 2.32. The fourth-order valence-corrected chi connectivity index (χ4v) is 2.87. The van der Waals surface area contributed by atoms with Crippen molar-refractivity contribution in [3.63, 3.8) is 0 Å². The van der Waals surface area contributed by atoms with Gasteiger partial charge in [0.1, 0.15) is 0 Å². The Kier molecular flexibility index (Phi) is 5.79. The molecule has 0 spiro atoms. The maximum Gasteiger partial charge on any atom is 0.237 e. The van der Waals surface area contributed by atoms with Crippen LogP contribution in [-0.4, -0.2) is 35.3 Å². The molecule has 19 heavy (non-hydrogen) atoms. The number of primary amides is 1. The molecule has 5 heteroatoms. The average Bonchev–Trinajstić information content (AvgIpc) is 2.33. The SMILES string of the molecule is CC(C(=O)N(CC(N)=O)C(C)C)C1CCCC(N)C1. The van der Waals surface area contributed by atoms with E-state index in [1.54, 1.807) is 4.90 Å². The summed E-state index contributed by atoms with van der Waals surface area (Å²) >= 11 is 0. The van der Waals surface area contributed by atoms with Gasteiger partial charge in [0.15, 0.2) is 0 Å². The van der Waals surface area contributed by atoms with Crippen LogP contribution in [0.5, 0.6) is 0 Å². The van der Waals surface area contributed by atoms with Gasteiger partial charge in [0.2, 0.25) is 11.8 Å². The third-order valence-corrected chi connectivity index (χ3v) is 4.08. The monoisotopic (exact) mass is 269 g/mol. The van der Waals surface area contributed by atoms with E-state index in [2.05, 4.69) is 0 Å². The molecule has 1 saturated carbocycles. The lowest BCUT2D eigenvalue weighted by atomic mass is 9.78. The smallest absolute Gasteiger partial charge is 0.237 e. The van der Waals surface area contributed by atoms with Crippen LogP contribution in [0.25, 0.3) is 0 Å². The quantitative estimate of drug-likeness (QED) is 0.775. The van der Waals surface area contributed by atoms with Gasteiger partial charge in [-0.2, -0.15) is 0 Å². The summed E-state index contributed by atoms with van der Waals surface area (Å²) in [5.41, 5.74) is 11.2. The number of nitrogens with zero attached hydrogens (tertiary/aromatic N) is 1. The van der Waals surface area contributed by atoms with Crippen molar-refractivity contribution < 1.29 is 9.59 Å². The van der Waals surface area contributed by atoms with E-state index in [0.29, 0.717) is 5.92 Å². The third kappa shape index (κ3) is 4.49. The van der Waals surface area contributed by atoms with Gasteiger partial charge in [-0.1, -0.05) is 13.3 Å². The summed E-state index contributed by atoms with van der Waals surface area (Å²) in [5.74, 6) is -0.207. The lowest BCUT2D eigenvalue weighted by Crippen LogP contribution is -2.47. The third-order valence-electron chi connectivity index (χ3n) is 4.08. The van der Waals surface area contributed by atoms with Crippen LogP contribution in [0, 0.1) is 11.8 Å². The summed E-state index contributed by atoms with van der Waals surface area (Å²) in [6, 6.07) is 0.192. The molecule has 3 unspecified atom stereocenters.